The van der Waals surface area contributed by atoms with Crippen LogP contribution in [-0.4, -0.2) is 23.9 Å². The van der Waals surface area contributed by atoms with Gasteiger partial charge in [-0.15, -0.1) is 0 Å². The van der Waals surface area contributed by atoms with E-state index in [1.807, 2.05) is 13.8 Å². The van der Waals surface area contributed by atoms with Crippen LogP contribution in [-0.2, 0) is 4.74 Å². The van der Waals surface area contributed by atoms with Crippen molar-refractivity contribution in [1.29, 1.82) is 0 Å². The summed E-state index contributed by atoms with van der Waals surface area (Å²) in [5.74, 6) is 0.714. The van der Waals surface area contributed by atoms with Crippen LogP contribution in [0.4, 0.5) is 0 Å². The van der Waals surface area contributed by atoms with Crippen LogP contribution in [0.1, 0.15) is 33.1 Å². The SMILES string of the molecule is CCOC1CC(CC(C)O)C1. The van der Waals surface area contributed by atoms with E-state index in [9.17, 15) is 0 Å². The molecule has 11 heavy (non-hydrogen) atoms. The molecular formula is C9H18O2. The van der Waals surface area contributed by atoms with Crippen LogP contribution in [0.5, 0.6) is 0 Å². The second-order valence-corrected chi connectivity index (χ2v) is 3.50. The van der Waals surface area contributed by atoms with Crippen LogP contribution >= 0.6 is 0 Å². The minimum Gasteiger partial charge on any atom is -0.393 e. The zero-order valence-corrected chi connectivity index (χ0v) is 7.42. The smallest absolute Gasteiger partial charge is 0.0580 e. The first-order chi connectivity index (χ1) is 5.22. The molecule has 1 fully saturated rings. The van der Waals surface area contributed by atoms with Crippen molar-refractivity contribution in [1.82, 2.24) is 0 Å². The fourth-order valence-electron chi connectivity index (χ4n) is 1.72. The van der Waals surface area contributed by atoms with E-state index in [4.69, 9.17) is 9.84 Å². The molecule has 0 amide bonds. The minimum absolute atomic E-state index is 0.137. The number of ether oxygens (including phenoxy) is 1. The summed E-state index contributed by atoms with van der Waals surface area (Å²) in [5.41, 5.74) is 0. The topological polar surface area (TPSA) is 29.5 Å². The molecule has 0 radical (unpaired) electrons. The predicted octanol–water partition coefficient (Wildman–Crippen LogP) is 1.57. The first-order valence-corrected chi connectivity index (χ1v) is 4.52. The fraction of sp³-hybridized carbons (Fsp3) is 1.00. The zero-order valence-electron chi connectivity index (χ0n) is 7.42. The van der Waals surface area contributed by atoms with Gasteiger partial charge in [-0.2, -0.15) is 0 Å². The lowest BCUT2D eigenvalue weighted by Crippen LogP contribution is -2.33. The number of hydrogen-bond acceptors (Lipinski definition) is 2. The maximum absolute atomic E-state index is 9.06. The average Bonchev–Trinajstić information content (AvgIpc) is 1.82. The highest BCUT2D eigenvalue weighted by Gasteiger charge is 2.29. The van der Waals surface area contributed by atoms with E-state index in [1.54, 1.807) is 0 Å². The molecule has 1 aliphatic rings. The largest absolute Gasteiger partial charge is 0.393 e. The Bertz CT molecular complexity index is 106. The number of hydrogen-bond donors (Lipinski definition) is 1. The summed E-state index contributed by atoms with van der Waals surface area (Å²) in [6.45, 7) is 4.71. The molecule has 1 aliphatic carbocycles. The van der Waals surface area contributed by atoms with E-state index in [-0.39, 0.29) is 6.10 Å². The van der Waals surface area contributed by atoms with Gasteiger partial charge >= 0.3 is 0 Å². The van der Waals surface area contributed by atoms with Gasteiger partial charge in [0.2, 0.25) is 0 Å². The van der Waals surface area contributed by atoms with E-state index in [2.05, 4.69) is 0 Å². The van der Waals surface area contributed by atoms with Gasteiger partial charge in [-0.1, -0.05) is 0 Å². The van der Waals surface area contributed by atoms with Crippen molar-refractivity contribution in [3.63, 3.8) is 0 Å². The third kappa shape index (κ3) is 2.80. The van der Waals surface area contributed by atoms with Gasteiger partial charge in [-0.3, -0.25) is 0 Å². The van der Waals surface area contributed by atoms with Crippen molar-refractivity contribution in [3.05, 3.63) is 0 Å². The molecule has 0 aliphatic heterocycles. The molecule has 1 rings (SSSR count). The molecule has 0 aromatic heterocycles. The van der Waals surface area contributed by atoms with Gasteiger partial charge in [0.25, 0.3) is 0 Å². The van der Waals surface area contributed by atoms with E-state index in [1.165, 1.54) is 0 Å². The number of rotatable bonds is 4. The van der Waals surface area contributed by atoms with Crippen LogP contribution in [0.2, 0.25) is 0 Å². The molecule has 2 nitrogen and oxygen atoms in total. The van der Waals surface area contributed by atoms with Crippen LogP contribution in [0, 0.1) is 5.92 Å². The molecule has 1 N–H and O–H groups in total. The summed E-state index contributed by atoms with van der Waals surface area (Å²) in [5, 5.41) is 9.06. The van der Waals surface area contributed by atoms with Crippen molar-refractivity contribution >= 4 is 0 Å². The molecule has 1 unspecified atom stereocenters. The van der Waals surface area contributed by atoms with Gasteiger partial charge in [0.05, 0.1) is 12.2 Å². The summed E-state index contributed by atoms with van der Waals surface area (Å²) in [6, 6.07) is 0. The quantitative estimate of drug-likeness (QED) is 0.673. The molecule has 0 bridgehead atoms. The Hall–Kier alpha value is -0.0800. The van der Waals surface area contributed by atoms with E-state index >= 15 is 0 Å². The first kappa shape index (κ1) is 9.01. The van der Waals surface area contributed by atoms with Crippen molar-refractivity contribution in [2.75, 3.05) is 6.61 Å². The van der Waals surface area contributed by atoms with Crippen LogP contribution in [0.3, 0.4) is 0 Å². The molecule has 0 aromatic carbocycles. The van der Waals surface area contributed by atoms with Crippen LogP contribution in [0.15, 0.2) is 0 Å². The normalized spacial score (nSPS) is 33.0. The Balaban J connectivity index is 2.00. The van der Waals surface area contributed by atoms with Crippen LogP contribution in [0.25, 0.3) is 0 Å². The number of aliphatic hydroxyl groups is 1. The van der Waals surface area contributed by atoms with Crippen molar-refractivity contribution in [3.8, 4) is 0 Å². The van der Waals surface area contributed by atoms with Gasteiger partial charge in [0, 0.05) is 6.61 Å². The molecule has 1 saturated carbocycles. The molecular weight excluding hydrogens is 140 g/mol. The van der Waals surface area contributed by atoms with Crippen molar-refractivity contribution in [2.45, 2.75) is 45.3 Å². The Morgan fingerprint density at radius 3 is 2.64 bits per heavy atom. The maximum Gasteiger partial charge on any atom is 0.0580 e. The first-order valence-electron chi connectivity index (χ1n) is 4.52. The highest BCUT2D eigenvalue weighted by Crippen LogP contribution is 2.33. The molecule has 0 heterocycles. The predicted molar refractivity (Wildman–Crippen MR) is 44.4 cm³/mol. The van der Waals surface area contributed by atoms with Gasteiger partial charge in [-0.05, 0) is 39.0 Å². The van der Waals surface area contributed by atoms with Crippen molar-refractivity contribution in [2.24, 2.45) is 5.92 Å². The lowest BCUT2D eigenvalue weighted by Gasteiger charge is -2.35. The van der Waals surface area contributed by atoms with Gasteiger partial charge < -0.3 is 9.84 Å². The Kier molecular flexibility index (Phi) is 3.34. The summed E-state index contributed by atoms with van der Waals surface area (Å²) in [4.78, 5) is 0. The average molecular weight is 158 g/mol. The van der Waals surface area contributed by atoms with Gasteiger partial charge in [0.15, 0.2) is 0 Å². The zero-order chi connectivity index (χ0) is 8.27. The Labute approximate surface area is 68.6 Å². The summed E-state index contributed by atoms with van der Waals surface area (Å²) >= 11 is 0. The Morgan fingerprint density at radius 1 is 1.55 bits per heavy atom. The summed E-state index contributed by atoms with van der Waals surface area (Å²) in [6.07, 6.45) is 3.60. The summed E-state index contributed by atoms with van der Waals surface area (Å²) < 4.78 is 5.41. The monoisotopic (exact) mass is 158 g/mol. The minimum atomic E-state index is -0.137. The van der Waals surface area contributed by atoms with E-state index in [0.29, 0.717) is 12.0 Å². The third-order valence-corrected chi connectivity index (χ3v) is 2.27. The third-order valence-electron chi connectivity index (χ3n) is 2.27. The lowest BCUT2D eigenvalue weighted by atomic mass is 9.79. The van der Waals surface area contributed by atoms with E-state index in [0.717, 1.165) is 25.9 Å². The maximum atomic E-state index is 9.06. The second-order valence-electron chi connectivity index (χ2n) is 3.50. The second kappa shape index (κ2) is 4.07. The van der Waals surface area contributed by atoms with Crippen molar-refractivity contribution < 1.29 is 9.84 Å². The van der Waals surface area contributed by atoms with E-state index < -0.39 is 0 Å². The molecule has 2 heteroatoms. The molecule has 0 saturated heterocycles. The van der Waals surface area contributed by atoms with Crippen LogP contribution < -0.4 is 0 Å². The van der Waals surface area contributed by atoms with Gasteiger partial charge in [0.1, 0.15) is 0 Å². The molecule has 1 atom stereocenters. The standard InChI is InChI=1S/C9H18O2/c1-3-11-9-5-8(6-9)4-7(2)10/h7-10H,3-6H2,1-2H3. The lowest BCUT2D eigenvalue weighted by molar-refractivity contribution is -0.0361. The summed E-state index contributed by atoms with van der Waals surface area (Å²) in [7, 11) is 0. The van der Waals surface area contributed by atoms with Gasteiger partial charge in [-0.25, -0.2) is 0 Å². The highest BCUT2D eigenvalue weighted by atomic mass is 16.5. The molecule has 0 spiro atoms. The highest BCUT2D eigenvalue weighted by molar-refractivity contribution is 4.81. The molecule has 0 aromatic rings. The Morgan fingerprint density at radius 2 is 2.18 bits per heavy atom. The fourth-order valence-corrected chi connectivity index (χ4v) is 1.72. The molecule has 66 valence electrons. The number of aliphatic hydroxyl groups excluding tert-OH is 1.